The molecule has 1 amide bonds. The van der Waals surface area contributed by atoms with Gasteiger partial charge in [-0.05, 0) is 62.1 Å². The van der Waals surface area contributed by atoms with E-state index in [1.165, 1.54) is 5.56 Å². The van der Waals surface area contributed by atoms with Crippen molar-refractivity contribution in [1.29, 1.82) is 0 Å². The van der Waals surface area contributed by atoms with Gasteiger partial charge in [0.1, 0.15) is 0 Å². The summed E-state index contributed by atoms with van der Waals surface area (Å²) >= 11 is 0. The third-order valence-corrected chi connectivity index (χ3v) is 4.50. The number of nitrogens with one attached hydrogen (secondary N) is 1. The Bertz CT molecular complexity index is 807. The van der Waals surface area contributed by atoms with Gasteiger partial charge in [-0.1, -0.05) is 29.8 Å². The highest BCUT2D eigenvalue weighted by atomic mass is 16.5. The van der Waals surface area contributed by atoms with Gasteiger partial charge in [-0.2, -0.15) is 0 Å². The monoisotopic (exact) mass is 368 g/mol. The zero-order valence-corrected chi connectivity index (χ0v) is 16.5. The van der Waals surface area contributed by atoms with E-state index >= 15 is 0 Å². The third-order valence-electron chi connectivity index (χ3n) is 4.50. The van der Waals surface area contributed by atoms with Crippen molar-refractivity contribution < 1.29 is 14.3 Å². The fourth-order valence-corrected chi connectivity index (χ4v) is 3.31. The minimum absolute atomic E-state index is 0.0644. The van der Waals surface area contributed by atoms with E-state index in [0.29, 0.717) is 12.3 Å². The Kier molecular flexibility index (Phi) is 6.99. The van der Waals surface area contributed by atoms with E-state index < -0.39 is 6.04 Å². The second kappa shape index (κ2) is 9.21. The molecule has 5 heteroatoms. The molecule has 0 aliphatic rings. The lowest BCUT2D eigenvalue weighted by Gasteiger charge is -2.20. The second-order valence-corrected chi connectivity index (χ2v) is 6.85. The van der Waals surface area contributed by atoms with Crippen LogP contribution in [0.4, 0.5) is 5.69 Å². The topological polar surface area (TPSA) is 81.4 Å². The lowest BCUT2D eigenvalue weighted by atomic mass is 9.96. The molecule has 1 atom stereocenters. The van der Waals surface area contributed by atoms with Crippen molar-refractivity contribution in [3.63, 3.8) is 0 Å². The van der Waals surface area contributed by atoms with Gasteiger partial charge in [-0.3, -0.25) is 9.59 Å². The maximum Gasteiger partial charge on any atom is 0.308 e. The number of nitrogens with two attached hydrogens (primary N) is 1. The maximum atomic E-state index is 12.7. The molecule has 0 radical (unpaired) electrons. The molecule has 0 aromatic heterocycles. The molecular formula is C22H28N2O3. The summed E-state index contributed by atoms with van der Waals surface area (Å²) in [7, 11) is 0. The molecule has 0 spiro atoms. The van der Waals surface area contributed by atoms with Gasteiger partial charge >= 0.3 is 5.97 Å². The molecule has 2 aromatic rings. The quantitative estimate of drug-likeness (QED) is 0.578. The summed E-state index contributed by atoms with van der Waals surface area (Å²) < 4.78 is 5.05. The number of carbonyl (C=O) groups excluding carboxylic acids is 2. The molecule has 0 saturated heterocycles. The van der Waals surface area contributed by atoms with Crippen molar-refractivity contribution in [2.24, 2.45) is 0 Å². The number of hydrogen-bond donors (Lipinski definition) is 2. The van der Waals surface area contributed by atoms with Crippen molar-refractivity contribution in [3.8, 4) is 0 Å². The number of esters is 1. The normalized spacial score (nSPS) is 11.7. The Morgan fingerprint density at radius 3 is 2.37 bits per heavy atom. The Hall–Kier alpha value is -2.82. The molecule has 0 fully saturated rings. The minimum Gasteiger partial charge on any atom is -0.466 e. The molecule has 0 aliphatic carbocycles. The van der Waals surface area contributed by atoms with Crippen molar-refractivity contribution in [2.45, 2.75) is 46.6 Å². The van der Waals surface area contributed by atoms with Gasteiger partial charge in [0.2, 0.25) is 5.91 Å². The number of hydrogen-bond acceptors (Lipinski definition) is 4. The van der Waals surface area contributed by atoms with Crippen LogP contribution in [0.1, 0.15) is 47.2 Å². The molecule has 2 rings (SSSR count). The number of anilines is 1. The molecule has 5 nitrogen and oxygen atoms in total. The number of ether oxygens (including phenoxy) is 1. The van der Waals surface area contributed by atoms with E-state index in [2.05, 4.69) is 17.4 Å². The fourth-order valence-electron chi connectivity index (χ4n) is 3.31. The highest BCUT2D eigenvalue weighted by molar-refractivity contribution is 5.81. The Labute approximate surface area is 160 Å². The minimum atomic E-state index is -0.480. The van der Waals surface area contributed by atoms with Crippen LogP contribution in [0.25, 0.3) is 0 Å². The smallest absolute Gasteiger partial charge is 0.308 e. The van der Waals surface area contributed by atoms with Crippen LogP contribution in [0, 0.1) is 20.8 Å². The van der Waals surface area contributed by atoms with Gasteiger partial charge < -0.3 is 15.8 Å². The molecule has 0 heterocycles. The standard InChI is InChI=1S/C22H28N2O3/c1-5-27-22(26)13-20(17-7-6-8-18(23)11-17)24-21(25)12-19-15(3)9-14(2)10-16(19)4/h6-11,20H,5,12-13,23H2,1-4H3,(H,24,25). The predicted octanol–water partition coefficient (Wildman–Crippen LogP) is 3.55. The number of benzene rings is 2. The van der Waals surface area contributed by atoms with E-state index in [1.54, 1.807) is 19.1 Å². The van der Waals surface area contributed by atoms with Crippen LogP contribution in [0.2, 0.25) is 0 Å². The van der Waals surface area contributed by atoms with E-state index in [9.17, 15) is 9.59 Å². The van der Waals surface area contributed by atoms with Gasteiger partial charge in [0.25, 0.3) is 0 Å². The van der Waals surface area contributed by atoms with Gasteiger partial charge in [-0.25, -0.2) is 0 Å². The van der Waals surface area contributed by atoms with E-state index in [4.69, 9.17) is 10.5 Å². The lowest BCUT2D eigenvalue weighted by Crippen LogP contribution is -2.32. The van der Waals surface area contributed by atoms with Gasteiger partial charge in [0, 0.05) is 5.69 Å². The highest BCUT2D eigenvalue weighted by Gasteiger charge is 2.20. The van der Waals surface area contributed by atoms with Crippen LogP contribution in [-0.2, 0) is 20.7 Å². The first-order chi connectivity index (χ1) is 12.8. The summed E-state index contributed by atoms with van der Waals surface area (Å²) in [5, 5.41) is 2.97. The average Bonchev–Trinajstić information content (AvgIpc) is 2.57. The predicted molar refractivity (Wildman–Crippen MR) is 107 cm³/mol. The zero-order chi connectivity index (χ0) is 20.0. The molecule has 1 unspecified atom stereocenters. The Morgan fingerprint density at radius 2 is 1.78 bits per heavy atom. The SMILES string of the molecule is CCOC(=O)CC(NC(=O)Cc1c(C)cc(C)cc1C)c1cccc(N)c1. The molecular weight excluding hydrogens is 340 g/mol. The second-order valence-electron chi connectivity index (χ2n) is 6.85. The summed E-state index contributed by atoms with van der Waals surface area (Å²) in [5.74, 6) is -0.491. The summed E-state index contributed by atoms with van der Waals surface area (Å²) in [6.45, 7) is 8.12. The average molecular weight is 368 g/mol. The van der Waals surface area contributed by atoms with Crippen LogP contribution < -0.4 is 11.1 Å². The fraction of sp³-hybridized carbons (Fsp3) is 0.364. The van der Waals surface area contributed by atoms with E-state index in [-0.39, 0.29) is 24.7 Å². The first-order valence-electron chi connectivity index (χ1n) is 9.17. The Balaban J connectivity index is 2.19. The zero-order valence-electron chi connectivity index (χ0n) is 16.5. The molecule has 3 N–H and O–H groups in total. The van der Waals surface area contributed by atoms with E-state index in [1.807, 2.05) is 32.9 Å². The molecule has 0 aliphatic heterocycles. The number of aryl methyl sites for hydroxylation is 3. The first kappa shape index (κ1) is 20.5. The summed E-state index contributed by atoms with van der Waals surface area (Å²) in [5.41, 5.74) is 11.6. The van der Waals surface area contributed by atoms with Gasteiger partial charge in [0.15, 0.2) is 0 Å². The lowest BCUT2D eigenvalue weighted by molar-refractivity contribution is -0.143. The maximum absolute atomic E-state index is 12.7. The molecule has 27 heavy (non-hydrogen) atoms. The first-order valence-corrected chi connectivity index (χ1v) is 9.17. The van der Waals surface area contributed by atoms with Crippen LogP contribution in [0.15, 0.2) is 36.4 Å². The van der Waals surface area contributed by atoms with Gasteiger partial charge in [0.05, 0.1) is 25.5 Å². The van der Waals surface area contributed by atoms with Crippen LogP contribution >= 0.6 is 0 Å². The van der Waals surface area contributed by atoms with E-state index in [0.717, 1.165) is 22.3 Å². The number of amides is 1. The molecule has 0 bridgehead atoms. The van der Waals surface area contributed by atoms with Crippen LogP contribution in [-0.4, -0.2) is 18.5 Å². The number of carbonyl (C=O) groups is 2. The van der Waals surface area contributed by atoms with Crippen LogP contribution in [0.3, 0.4) is 0 Å². The Morgan fingerprint density at radius 1 is 1.11 bits per heavy atom. The third kappa shape index (κ3) is 5.84. The van der Waals surface area contributed by atoms with Crippen molar-refractivity contribution >= 4 is 17.6 Å². The van der Waals surface area contributed by atoms with Crippen molar-refractivity contribution in [2.75, 3.05) is 12.3 Å². The molecule has 2 aromatic carbocycles. The van der Waals surface area contributed by atoms with Crippen LogP contribution in [0.5, 0.6) is 0 Å². The van der Waals surface area contributed by atoms with Gasteiger partial charge in [-0.15, -0.1) is 0 Å². The number of rotatable bonds is 7. The summed E-state index contributed by atoms with van der Waals surface area (Å²) in [4.78, 5) is 24.7. The highest BCUT2D eigenvalue weighted by Crippen LogP contribution is 2.21. The number of nitrogen functional groups attached to an aromatic ring is 1. The van der Waals surface area contributed by atoms with Crippen molar-refractivity contribution in [1.82, 2.24) is 5.32 Å². The summed E-state index contributed by atoms with van der Waals surface area (Å²) in [6, 6.07) is 10.9. The van der Waals surface area contributed by atoms with Crippen molar-refractivity contribution in [3.05, 3.63) is 64.2 Å². The molecule has 0 saturated carbocycles. The summed E-state index contributed by atoms with van der Waals surface area (Å²) in [6.07, 6.45) is 0.328. The molecule has 144 valence electrons. The largest absolute Gasteiger partial charge is 0.466 e.